The molecule has 0 spiro atoms. The molecule has 0 aliphatic carbocycles. The van der Waals surface area contributed by atoms with Gasteiger partial charge in [0.25, 0.3) is 5.91 Å². The summed E-state index contributed by atoms with van der Waals surface area (Å²) in [5, 5.41) is 13.3. The Balaban J connectivity index is 1.35. The van der Waals surface area contributed by atoms with Gasteiger partial charge in [-0.05, 0) is 41.3 Å². The summed E-state index contributed by atoms with van der Waals surface area (Å²) in [5.74, 6) is 0.372. The van der Waals surface area contributed by atoms with Gasteiger partial charge in [0.2, 0.25) is 5.13 Å². The number of anilines is 1. The van der Waals surface area contributed by atoms with Gasteiger partial charge >= 0.3 is 0 Å². The Morgan fingerprint density at radius 2 is 1.74 bits per heavy atom. The quantitative estimate of drug-likeness (QED) is 0.274. The largest absolute Gasteiger partial charge is 0.296 e. The van der Waals surface area contributed by atoms with E-state index in [4.69, 9.17) is 0 Å². The topological polar surface area (TPSA) is 89.0 Å². The van der Waals surface area contributed by atoms with Crippen LogP contribution in [0.5, 0.6) is 0 Å². The van der Waals surface area contributed by atoms with Gasteiger partial charge in [0.1, 0.15) is 0 Å². The molecule has 0 atom stereocenters. The molecule has 0 aliphatic heterocycles. The van der Waals surface area contributed by atoms with E-state index in [1.165, 1.54) is 16.2 Å². The predicted molar refractivity (Wildman–Crippen MR) is 126 cm³/mol. The smallest absolute Gasteiger partial charge is 0.257 e. The lowest BCUT2D eigenvalue weighted by Crippen LogP contribution is -2.12. The number of carbonyl (C=O) groups excluding carboxylic acids is 1. The number of thioether (sulfide) groups is 1. The second-order valence-electron chi connectivity index (χ2n) is 6.46. The number of carbonyl (C=O) groups is 1. The number of nitrogens with zero attached hydrogens (tertiary/aromatic N) is 2. The van der Waals surface area contributed by atoms with E-state index in [2.05, 4.69) is 21.6 Å². The standard InChI is InChI=1S/C21H17N3O3S4/c25-19(22-20-23-24-21(30-20)29-13-17-5-4-12-28-17)16-10-8-15(9-11-16)14-31(26,27)18-6-2-1-3-7-18/h1-12H,13-14H2,(H,22,23,25). The number of amides is 1. The van der Waals surface area contributed by atoms with Gasteiger partial charge in [-0.3, -0.25) is 10.1 Å². The molecule has 1 amide bonds. The summed E-state index contributed by atoms with van der Waals surface area (Å²) >= 11 is 4.58. The van der Waals surface area contributed by atoms with Crippen molar-refractivity contribution in [2.75, 3.05) is 5.32 Å². The third kappa shape index (κ3) is 5.79. The molecular formula is C21H17N3O3S4. The highest BCUT2D eigenvalue weighted by atomic mass is 32.2. The Bertz CT molecular complexity index is 1250. The van der Waals surface area contributed by atoms with Crippen LogP contribution in [-0.2, 0) is 21.3 Å². The predicted octanol–water partition coefficient (Wildman–Crippen LogP) is 5.12. The molecule has 0 fully saturated rings. The number of hydrogen-bond donors (Lipinski definition) is 1. The normalized spacial score (nSPS) is 11.4. The maximum atomic E-state index is 12.5. The van der Waals surface area contributed by atoms with Crippen molar-refractivity contribution in [1.82, 2.24) is 10.2 Å². The van der Waals surface area contributed by atoms with Crippen LogP contribution in [0.1, 0.15) is 20.8 Å². The fourth-order valence-electron chi connectivity index (χ4n) is 2.70. The van der Waals surface area contributed by atoms with E-state index in [1.807, 2.05) is 11.4 Å². The van der Waals surface area contributed by atoms with E-state index in [0.29, 0.717) is 16.3 Å². The van der Waals surface area contributed by atoms with Crippen LogP contribution in [0.25, 0.3) is 0 Å². The first-order valence-electron chi connectivity index (χ1n) is 9.16. The summed E-state index contributed by atoms with van der Waals surface area (Å²) in [7, 11) is -3.43. The lowest BCUT2D eigenvalue weighted by Gasteiger charge is -2.06. The van der Waals surface area contributed by atoms with Crippen molar-refractivity contribution in [2.24, 2.45) is 0 Å². The van der Waals surface area contributed by atoms with Gasteiger partial charge in [-0.1, -0.05) is 59.5 Å². The molecule has 31 heavy (non-hydrogen) atoms. The molecule has 0 aliphatic rings. The van der Waals surface area contributed by atoms with Gasteiger partial charge in [-0.2, -0.15) is 0 Å². The lowest BCUT2D eigenvalue weighted by molar-refractivity contribution is 0.102. The molecule has 1 N–H and O–H groups in total. The first-order valence-corrected chi connectivity index (χ1v) is 13.5. The number of aromatic nitrogens is 2. The number of nitrogens with one attached hydrogen (secondary N) is 1. The fraction of sp³-hybridized carbons (Fsp3) is 0.0952. The van der Waals surface area contributed by atoms with E-state index < -0.39 is 9.84 Å². The molecule has 6 nitrogen and oxygen atoms in total. The molecule has 2 heterocycles. The van der Waals surface area contributed by atoms with Crippen molar-refractivity contribution >= 4 is 55.3 Å². The van der Waals surface area contributed by atoms with Crippen molar-refractivity contribution in [1.29, 1.82) is 0 Å². The first-order chi connectivity index (χ1) is 15.0. The minimum Gasteiger partial charge on any atom is -0.296 e. The average Bonchev–Trinajstić information content (AvgIpc) is 3.45. The zero-order chi connectivity index (χ0) is 21.7. The summed E-state index contributed by atoms with van der Waals surface area (Å²) in [4.78, 5) is 14.0. The third-order valence-electron chi connectivity index (χ3n) is 4.22. The Hall–Kier alpha value is -2.53. The van der Waals surface area contributed by atoms with Gasteiger partial charge in [0, 0.05) is 16.2 Å². The van der Waals surface area contributed by atoms with Crippen molar-refractivity contribution in [2.45, 2.75) is 20.7 Å². The van der Waals surface area contributed by atoms with Crippen LogP contribution in [0, 0.1) is 0 Å². The zero-order valence-electron chi connectivity index (χ0n) is 16.1. The summed E-state index contributed by atoms with van der Waals surface area (Å²) in [6.07, 6.45) is 0. The van der Waals surface area contributed by atoms with E-state index in [-0.39, 0.29) is 16.6 Å². The number of hydrogen-bond acceptors (Lipinski definition) is 8. The molecule has 0 saturated carbocycles. The Kier molecular flexibility index (Phi) is 6.81. The van der Waals surface area contributed by atoms with Gasteiger partial charge in [-0.25, -0.2) is 8.42 Å². The minimum absolute atomic E-state index is 0.125. The second kappa shape index (κ2) is 9.73. The number of rotatable bonds is 8. The maximum absolute atomic E-state index is 12.5. The van der Waals surface area contributed by atoms with Gasteiger partial charge in [0.05, 0.1) is 10.6 Å². The number of thiophene rings is 1. The molecule has 0 unspecified atom stereocenters. The lowest BCUT2D eigenvalue weighted by atomic mass is 10.1. The fourth-order valence-corrected chi connectivity index (χ4v) is 6.59. The number of benzene rings is 2. The first kappa shape index (κ1) is 21.7. The summed E-state index contributed by atoms with van der Waals surface area (Å²) in [5.41, 5.74) is 1.03. The monoisotopic (exact) mass is 487 g/mol. The van der Waals surface area contributed by atoms with Crippen LogP contribution >= 0.6 is 34.4 Å². The molecule has 2 aromatic carbocycles. The molecule has 0 saturated heterocycles. The summed E-state index contributed by atoms with van der Waals surface area (Å²) in [6, 6.07) is 18.9. The van der Waals surface area contributed by atoms with Crippen molar-refractivity contribution in [3.63, 3.8) is 0 Å². The number of sulfone groups is 1. The van der Waals surface area contributed by atoms with Crippen LogP contribution in [-0.4, -0.2) is 24.5 Å². The van der Waals surface area contributed by atoms with Crippen LogP contribution in [0.3, 0.4) is 0 Å². The Labute approximate surface area is 192 Å². The highest BCUT2D eigenvalue weighted by molar-refractivity contribution is 8.00. The van der Waals surface area contributed by atoms with Crippen LogP contribution in [0.2, 0.25) is 0 Å². The molecule has 4 aromatic rings. The van der Waals surface area contributed by atoms with E-state index in [0.717, 1.165) is 10.1 Å². The molecule has 0 bridgehead atoms. The Morgan fingerprint density at radius 3 is 2.45 bits per heavy atom. The average molecular weight is 488 g/mol. The molecule has 0 radical (unpaired) electrons. The van der Waals surface area contributed by atoms with Crippen LogP contribution < -0.4 is 5.32 Å². The van der Waals surface area contributed by atoms with E-state index in [1.54, 1.807) is 77.7 Å². The van der Waals surface area contributed by atoms with Gasteiger partial charge in [0.15, 0.2) is 14.2 Å². The maximum Gasteiger partial charge on any atom is 0.257 e. The summed E-state index contributed by atoms with van der Waals surface area (Å²) in [6.45, 7) is 0. The van der Waals surface area contributed by atoms with E-state index in [9.17, 15) is 13.2 Å². The molecular weight excluding hydrogens is 471 g/mol. The summed E-state index contributed by atoms with van der Waals surface area (Å²) < 4.78 is 25.8. The zero-order valence-corrected chi connectivity index (χ0v) is 19.4. The molecule has 2 aromatic heterocycles. The van der Waals surface area contributed by atoms with Crippen molar-refractivity contribution in [3.05, 3.63) is 88.1 Å². The highest BCUT2D eigenvalue weighted by Crippen LogP contribution is 2.29. The van der Waals surface area contributed by atoms with Gasteiger partial charge in [-0.15, -0.1) is 21.5 Å². The van der Waals surface area contributed by atoms with E-state index >= 15 is 0 Å². The van der Waals surface area contributed by atoms with Crippen LogP contribution in [0.15, 0.2) is 81.3 Å². The Morgan fingerprint density at radius 1 is 0.968 bits per heavy atom. The second-order valence-corrected chi connectivity index (χ2v) is 11.7. The molecule has 4 rings (SSSR count). The minimum atomic E-state index is -3.43. The third-order valence-corrected chi connectivity index (χ3v) is 9.00. The molecule has 10 heteroatoms. The van der Waals surface area contributed by atoms with Crippen LogP contribution in [0.4, 0.5) is 5.13 Å². The van der Waals surface area contributed by atoms with Gasteiger partial charge < -0.3 is 0 Å². The SMILES string of the molecule is O=C(Nc1nnc(SCc2cccs2)s1)c1ccc(CS(=O)(=O)c2ccccc2)cc1. The highest BCUT2D eigenvalue weighted by Gasteiger charge is 2.16. The van der Waals surface area contributed by atoms with Crippen molar-refractivity contribution < 1.29 is 13.2 Å². The van der Waals surface area contributed by atoms with Crippen molar-refractivity contribution in [3.8, 4) is 0 Å². The molecule has 158 valence electrons.